The summed E-state index contributed by atoms with van der Waals surface area (Å²) < 4.78 is 1.99. The molecule has 112 valence electrons. The van der Waals surface area contributed by atoms with Crippen LogP contribution in [0, 0.1) is 0 Å². The first-order chi connectivity index (χ1) is 9.88. The lowest BCUT2D eigenvalue weighted by Gasteiger charge is -2.24. The van der Waals surface area contributed by atoms with Crippen LogP contribution in [0.4, 0.5) is 0 Å². The van der Waals surface area contributed by atoms with Crippen molar-refractivity contribution in [2.24, 2.45) is 0 Å². The van der Waals surface area contributed by atoms with E-state index in [-0.39, 0.29) is 11.3 Å². The lowest BCUT2D eigenvalue weighted by atomic mass is 10.1. The minimum atomic E-state index is -0.864. The Morgan fingerprint density at radius 1 is 1.38 bits per heavy atom. The Hall–Kier alpha value is -1.89. The van der Waals surface area contributed by atoms with Gasteiger partial charge in [-0.15, -0.1) is 10.2 Å². The number of nitrogens with zero attached hydrogens (tertiary/aromatic N) is 4. The third-order valence-corrected chi connectivity index (χ3v) is 3.69. The maximum absolute atomic E-state index is 10.7. The average molecular weight is 306 g/mol. The first-order valence-electron chi connectivity index (χ1n) is 6.56. The van der Waals surface area contributed by atoms with Gasteiger partial charge in [0, 0.05) is 24.4 Å². The molecule has 1 N–H and O–H groups in total. The third kappa shape index (κ3) is 4.04. The number of carboxylic acid groups (broad SMARTS) is 1. The summed E-state index contributed by atoms with van der Waals surface area (Å²) >= 11 is 1.19. The minimum absolute atomic E-state index is 0.0267. The molecule has 0 amide bonds. The minimum Gasteiger partial charge on any atom is -0.481 e. The van der Waals surface area contributed by atoms with Crippen molar-refractivity contribution >= 4 is 17.7 Å². The quantitative estimate of drug-likeness (QED) is 0.853. The van der Waals surface area contributed by atoms with E-state index in [0.717, 1.165) is 11.4 Å². The highest BCUT2D eigenvalue weighted by molar-refractivity contribution is 7.99. The smallest absolute Gasteiger partial charge is 0.313 e. The predicted octanol–water partition coefficient (Wildman–Crippen LogP) is 2.20. The molecule has 0 aromatic carbocycles. The number of hydrogen-bond acceptors (Lipinski definition) is 5. The molecule has 0 atom stereocenters. The first kappa shape index (κ1) is 15.5. The van der Waals surface area contributed by atoms with Crippen molar-refractivity contribution in [3.05, 3.63) is 35.9 Å². The zero-order valence-corrected chi connectivity index (χ0v) is 13.1. The summed E-state index contributed by atoms with van der Waals surface area (Å²) in [5.74, 6) is -0.0816. The van der Waals surface area contributed by atoms with Crippen LogP contribution in [0.5, 0.6) is 0 Å². The molecule has 0 aliphatic carbocycles. The lowest BCUT2D eigenvalue weighted by Crippen LogP contribution is -2.25. The van der Waals surface area contributed by atoms with Crippen LogP contribution in [0.2, 0.25) is 0 Å². The number of hydrogen-bond donors (Lipinski definition) is 1. The molecule has 2 rings (SSSR count). The van der Waals surface area contributed by atoms with Crippen molar-refractivity contribution in [1.29, 1.82) is 0 Å². The molecular formula is C14H18N4O2S. The summed E-state index contributed by atoms with van der Waals surface area (Å²) in [7, 11) is 0. The molecule has 6 nitrogen and oxygen atoms in total. The van der Waals surface area contributed by atoms with Crippen LogP contribution in [0.3, 0.4) is 0 Å². The number of carbonyl (C=O) groups is 1. The molecule has 0 saturated carbocycles. The SMILES string of the molecule is CC(C)(C)n1c(Cc2cccnc2)nnc1SCC(=O)O. The van der Waals surface area contributed by atoms with Gasteiger partial charge in [-0.3, -0.25) is 9.78 Å². The Balaban J connectivity index is 2.31. The maximum atomic E-state index is 10.7. The van der Waals surface area contributed by atoms with Gasteiger partial charge in [0.1, 0.15) is 5.82 Å². The van der Waals surface area contributed by atoms with Gasteiger partial charge in [-0.05, 0) is 32.4 Å². The molecule has 0 spiro atoms. The fourth-order valence-corrected chi connectivity index (χ4v) is 2.85. The Morgan fingerprint density at radius 3 is 2.71 bits per heavy atom. The molecule has 0 fully saturated rings. The van der Waals surface area contributed by atoms with Crippen molar-refractivity contribution in [2.45, 2.75) is 37.9 Å². The van der Waals surface area contributed by atoms with E-state index < -0.39 is 5.97 Å². The van der Waals surface area contributed by atoms with Gasteiger partial charge >= 0.3 is 5.97 Å². The number of aromatic nitrogens is 4. The van der Waals surface area contributed by atoms with E-state index in [4.69, 9.17) is 5.11 Å². The second kappa shape index (κ2) is 6.26. The number of pyridine rings is 1. The zero-order chi connectivity index (χ0) is 15.5. The number of carboxylic acids is 1. The van der Waals surface area contributed by atoms with E-state index in [2.05, 4.69) is 15.2 Å². The van der Waals surface area contributed by atoms with Gasteiger partial charge in [-0.1, -0.05) is 17.8 Å². The number of thioether (sulfide) groups is 1. The zero-order valence-electron chi connectivity index (χ0n) is 12.3. The highest BCUT2D eigenvalue weighted by Crippen LogP contribution is 2.26. The second-order valence-corrected chi connectivity index (χ2v) is 6.57. The highest BCUT2D eigenvalue weighted by atomic mass is 32.2. The second-order valence-electron chi connectivity index (χ2n) is 5.63. The van der Waals surface area contributed by atoms with Crippen LogP contribution in [0.25, 0.3) is 0 Å². The van der Waals surface area contributed by atoms with Gasteiger partial charge in [0.05, 0.1) is 5.75 Å². The molecule has 7 heteroatoms. The highest BCUT2D eigenvalue weighted by Gasteiger charge is 2.23. The third-order valence-electron chi connectivity index (χ3n) is 2.78. The van der Waals surface area contributed by atoms with Crippen molar-refractivity contribution in [2.75, 3.05) is 5.75 Å². The molecule has 0 bridgehead atoms. The van der Waals surface area contributed by atoms with Gasteiger partial charge in [-0.2, -0.15) is 0 Å². The van der Waals surface area contributed by atoms with Gasteiger partial charge in [0.15, 0.2) is 5.16 Å². The van der Waals surface area contributed by atoms with Gasteiger partial charge in [0.25, 0.3) is 0 Å². The van der Waals surface area contributed by atoms with E-state index in [1.807, 2.05) is 37.5 Å². The van der Waals surface area contributed by atoms with E-state index in [1.165, 1.54) is 11.8 Å². The molecule has 0 aliphatic heterocycles. The topological polar surface area (TPSA) is 80.9 Å². The van der Waals surface area contributed by atoms with Crippen LogP contribution >= 0.6 is 11.8 Å². The monoisotopic (exact) mass is 306 g/mol. The summed E-state index contributed by atoms with van der Waals surface area (Å²) in [5.41, 5.74) is 0.826. The maximum Gasteiger partial charge on any atom is 0.313 e. The largest absolute Gasteiger partial charge is 0.481 e. The average Bonchev–Trinajstić information content (AvgIpc) is 2.80. The van der Waals surface area contributed by atoms with Crippen LogP contribution in [-0.4, -0.2) is 36.6 Å². The summed E-state index contributed by atoms with van der Waals surface area (Å²) in [5, 5.41) is 17.8. The van der Waals surface area contributed by atoms with Gasteiger partial charge < -0.3 is 9.67 Å². The molecule has 0 saturated heterocycles. The first-order valence-corrected chi connectivity index (χ1v) is 7.55. The van der Waals surface area contributed by atoms with Crippen LogP contribution in [0.15, 0.2) is 29.7 Å². The Bertz CT molecular complexity index is 620. The fourth-order valence-electron chi connectivity index (χ4n) is 1.99. The summed E-state index contributed by atoms with van der Waals surface area (Å²) in [6.07, 6.45) is 4.14. The van der Waals surface area contributed by atoms with Crippen LogP contribution < -0.4 is 0 Å². The van der Waals surface area contributed by atoms with Crippen LogP contribution in [-0.2, 0) is 16.8 Å². The standard InChI is InChI=1S/C14H18N4O2S/c1-14(2,3)18-11(7-10-5-4-6-15-8-10)16-17-13(18)21-9-12(19)20/h4-6,8H,7,9H2,1-3H3,(H,19,20). The van der Waals surface area contributed by atoms with Gasteiger partial charge in [-0.25, -0.2) is 0 Å². The molecular weight excluding hydrogens is 288 g/mol. The Morgan fingerprint density at radius 2 is 2.14 bits per heavy atom. The van der Waals surface area contributed by atoms with E-state index in [1.54, 1.807) is 12.4 Å². The Kier molecular flexibility index (Phi) is 4.62. The lowest BCUT2D eigenvalue weighted by molar-refractivity contribution is -0.133. The Labute approximate surface area is 127 Å². The molecule has 0 unspecified atom stereocenters. The van der Waals surface area contributed by atoms with Crippen molar-refractivity contribution in [3.63, 3.8) is 0 Å². The normalized spacial score (nSPS) is 11.6. The predicted molar refractivity (Wildman–Crippen MR) is 80.4 cm³/mol. The number of aliphatic carboxylic acids is 1. The summed E-state index contributed by atoms with van der Waals surface area (Å²) in [6, 6.07) is 3.87. The molecule has 2 heterocycles. The summed E-state index contributed by atoms with van der Waals surface area (Å²) in [4.78, 5) is 14.8. The van der Waals surface area contributed by atoms with E-state index in [0.29, 0.717) is 11.6 Å². The van der Waals surface area contributed by atoms with Crippen molar-refractivity contribution in [3.8, 4) is 0 Å². The van der Waals surface area contributed by atoms with Crippen molar-refractivity contribution < 1.29 is 9.90 Å². The van der Waals surface area contributed by atoms with Crippen molar-refractivity contribution in [1.82, 2.24) is 19.7 Å². The van der Waals surface area contributed by atoms with E-state index in [9.17, 15) is 4.79 Å². The van der Waals surface area contributed by atoms with Gasteiger partial charge in [0.2, 0.25) is 0 Å². The van der Waals surface area contributed by atoms with Crippen LogP contribution in [0.1, 0.15) is 32.2 Å². The fraction of sp³-hybridized carbons (Fsp3) is 0.429. The summed E-state index contributed by atoms with van der Waals surface area (Å²) in [6.45, 7) is 6.15. The molecule has 21 heavy (non-hydrogen) atoms. The molecule has 2 aromatic heterocycles. The number of rotatable bonds is 5. The molecule has 2 aromatic rings. The van der Waals surface area contributed by atoms with E-state index >= 15 is 0 Å². The molecule has 0 aliphatic rings. The molecule has 0 radical (unpaired) electrons.